The van der Waals surface area contributed by atoms with Crippen molar-refractivity contribution in [3.05, 3.63) is 23.2 Å². The fourth-order valence-electron chi connectivity index (χ4n) is 1.96. The molecule has 0 amide bonds. The van der Waals surface area contributed by atoms with E-state index in [-0.39, 0.29) is 5.54 Å². The Morgan fingerprint density at radius 2 is 2.05 bits per heavy atom. The third-order valence-corrected chi connectivity index (χ3v) is 4.23. The summed E-state index contributed by atoms with van der Waals surface area (Å²) in [5.41, 5.74) is 1.35. The normalized spacial score (nSPS) is 14.0. The van der Waals surface area contributed by atoms with Gasteiger partial charge in [-0.05, 0) is 59.6 Å². The van der Waals surface area contributed by atoms with Crippen molar-refractivity contribution in [3.63, 3.8) is 0 Å². The molecule has 20 heavy (non-hydrogen) atoms. The van der Waals surface area contributed by atoms with E-state index in [0.717, 1.165) is 30.4 Å². The summed E-state index contributed by atoms with van der Waals surface area (Å²) in [5.74, 6) is 3.26. The summed E-state index contributed by atoms with van der Waals surface area (Å²) < 4.78 is 6.00. The van der Waals surface area contributed by atoms with Crippen LogP contribution in [0.5, 0.6) is 0 Å². The lowest BCUT2D eigenvalue weighted by molar-refractivity contribution is 0.243. The number of aryl methyl sites for hydroxylation is 1. The van der Waals surface area contributed by atoms with Gasteiger partial charge < -0.3 is 9.73 Å². The van der Waals surface area contributed by atoms with Crippen LogP contribution in [-0.4, -0.2) is 35.5 Å². The van der Waals surface area contributed by atoms with Crippen LogP contribution in [0.4, 0.5) is 0 Å². The summed E-state index contributed by atoms with van der Waals surface area (Å²) >= 11 is 1.89. The van der Waals surface area contributed by atoms with Gasteiger partial charge in [0, 0.05) is 17.3 Å². The first kappa shape index (κ1) is 17.6. The molecule has 4 heteroatoms. The minimum absolute atomic E-state index is 0.114. The van der Waals surface area contributed by atoms with Crippen molar-refractivity contribution in [1.82, 2.24) is 10.2 Å². The van der Waals surface area contributed by atoms with Crippen molar-refractivity contribution in [2.45, 2.75) is 59.3 Å². The largest absolute Gasteiger partial charge is 0.463 e. The molecule has 116 valence electrons. The lowest BCUT2D eigenvalue weighted by Crippen LogP contribution is -2.35. The quantitative estimate of drug-likeness (QED) is 0.831. The predicted molar refractivity (Wildman–Crippen MR) is 89.3 cm³/mol. The number of hydrogen-bond acceptors (Lipinski definition) is 4. The van der Waals surface area contributed by atoms with Gasteiger partial charge >= 0.3 is 0 Å². The molecular formula is C16H30N2OS. The summed E-state index contributed by atoms with van der Waals surface area (Å²) in [6.07, 6.45) is 2.15. The van der Waals surface area contributed by atoms with E-state index in [1.165, 1.54) is 5.56 Å². The van der Waals surface area contributed by atoms with Gasteiger partial charge in [-0.1, -0.05) is 0 Å². The van der Waals surface area contributed by atoms with Crippen LogP contribution in [0.25, 0.3) is 0 Å². The maximum Gasteiger partial charge on any atom is 0.120 e. The van der Waals surface area contributed by atoms with Crippen LogP contribution in [0, 0.1) is 6.92 Å². The van der Waals surface area contributed by atoms with E-state index >= 15 is 0 Å². The van der Waals surface area contributed by atoms with E-state index in [0.29, 0.717) is 6.04 Å². The van der Waals surface area contributed by atoms with Crippen molar-refractivity contribution >= 4 is 11.8 Å². The average molecular weight is 298 g/mol. The molecule has 0 saturated carbocycles. The summed E-state index contributed by atoms with van der Waals surface area (Å²) in [6.45, 7) is 12.6. The van der Waals surface area contributed by atoms with Gasteiger partial charge in [-0.15, -0.1) is 0 Å². The zero-order chi connectivity index (χ0) is 15.3. The fraction of sp³-hybridized carbons (Fsp3) is 0.750. The van der Waals surface area contributed by atoms with Crippen molar-refractivity contribution in [2.75, 3.05) is 19.1 Å². The van der Waals surface area contributed by atoms with E-state index < -0.39 is 0 Å². The van der Waals surface area contributed by atoms with Crippen molar-refractivity contribution < 1.29 is 4.42 Å². The number of furan rings is 1. The second kappa shape index (κ2) is 7.53. The smallest absolute Gasteiger partial charge is 0.120 e. The van der Waals surface area contributed by atoms with Gasteiger partial charge in [-0.25, -0.2) is 0 Å². The Bertz CT molecular complexity index is 409. The topological polar surface area (TPSA) is 28.4 Å². The molecule has 1 atom stereocenters. The second-order valence-corrected chi connectivity index (χ2v) is 7.55. The molecule has 1 rings (SSSR count). The highest BCUT2D eigenvalue weighted by molar-refractivity contribution is 7.98. The zero-order valence-corrected chi connectivity index (χ0v) is 14.9. The van der Waals surface area contributed by atoms with Gasteiger partial charge in [-0.3, -0.25) is 4.90 Å². The van der Waals surface area contributed by atoms with E-state index in [1.54, 1.807) is 0 Å². The molecule has 0 saturated heterocycles. The number of nitrogens with one attached hydrogen (secondary N) is 1. The van der Waals surface area contributed by atoms with E-state index in [2.05, 4.69) is 64.2 Å². The Hall–Kier alpha value is -0.450. The van der Waals surface area contributed by atoms with Gasteiger partial charge in [0.25, 0.3) is 0 Å². The van der Waals surface area contributed by atoms with Gasteiger partial charge in [0.05, 0.1) is 13.1 Å². The van der Waals surface area contributed by atoms with Gasteiger partial charge in [-0.2, -0.15) is 11.8 Å². The Labute approximate surface area is 128 Å². The monoisotopic (exact) mass is 298 g/mol. The van der Waals surface area contributed by atoms with Crippen LogP contribution in [0.2, 0.25) is 0 Å². The molecule has 0 aliphatic carbocycles. The maximum absolute atomic E-state index is 6.00. The first-order valence-electron chi connectivity index (χ1n) is 7.25. The van der Waals surface area contributed by atoms with Gasteiger partial charge in [0.15, 0.2) is 0 Å². The second-order valence-electron chi connectivity index (χ2n) is 6.64. The average Bonchev–Trinajstić information content (AvgIpc) is 2.66. The molecule has 0 aromatic carbocycles. The third-order valence-electron chi connectivity index (χ3n) is 3.42. The molecule has 1 heterocycles. The molecule has 1 unspecified atom stereocenters. The lowest BCUT2D eigenvalue weighted by Gasteiger charge is -2.22. The molecule has 0 spiro atoms. The Kier molecular flexibility index (Phi) is 6.62. The first-order valence-corrected chi connectivity index (χ1v) is 8.64. The molecule has 0 radical (unpaired) electrons. The molecule has 1 aromatic heterocycles. The number of hydrogen-bond donors (Lipinski definition) is 1. The van der Waals surface area contributed by atoms with Crippen molar-refractivity contribution in [3.8, 4) is 0 Å². The van der Waals surface area contributed by atoms with Crippen LogP contribution in [0.15, 0.2) is 10.5 Å². The van der Waals surface area contributed by atoms with E-state index in [1.807, 2.05) is 11.8 Å². The molecule has 3 nitrogen and oxygen atoms in total. The number of nitrogens with zero attached hydrogens (tertiary/aromatic N) is 1. The highest BCUT2D eigenvalue weighted by Crippen LogP contribution is 2.18. The Balaban J connectivity index is 2.61. The minimum Gasteiger partial charge on any atom is -0.463 e. The molecule has 0 aliphatic rings. The van der Waals surface area contributed by atoms with Gasteiger partial charge in [0.1, 0.15) is 11.5 Å². The highest BCUT2D eigenvalue weighted by atomic mass is 32.2. The highest BCUT2D eigenvalue weighted by Gasteiger charge is 2.15. The van der Waals surface area contributed by atoms with E-state index in [9.17, 15) is 0 Å². The standard InChI is InChI=1S/C16H30N2OS/c1-12-8-14(10-18(6)13(2)11-20-7)19-15(12)9-17-16(3,4)5/h8,13,17H,9-11H2,1-7H3. The number of thioether (sulfide) groups is 1. The molecule has 0 fully saturated rings. The van der Waals surface area contributed by atoms with Crippen LogP contribution in [0.1, 0.15) is 44.8 Å². The van der Waals surface area contributed by atoms with Crippen LogP contribution in [-0.2, 0) is 13.1 Å². The molecule has 0 aliphatic heterocycles. The Morgan fingerprint density at radius 1 is 1.40 bits per heavy atom. The van der Waals surface area contributed by atoms with Crippen molar-refractivity contribution in [2.24, 2.45) is 0 Å². The first-order chi connectivity index (χ1) is 9.23. The molecular weight excluding hydrogens is 268 g/mol. The van der Waals surface area contributed by atoms with Gasteiger partial charge in [0.2, 0.25) is 0 Å². The molecule has 0 bridgehead atoms. The van der Waals surface area contributed by atoms with Crippen LogP contribution < -0.4 is 5.32 Å². The number of rotatable bonds is 7. The summed E-state index contributed by atoms with van der Waals surface area (Å²) in [6, 6.07) is 2.73. The van der Waals surface area contributed by atoms with E-state index in [4.69, 9.17) is 4.42 Å². The van der Waals surface area contributed by atoms with Crippen LogP contribution in [0.3, 0.4) is 0 Å². The third kappa shape index (κ3) is 5.90. The zero-order valence-electron chi connectivity index (χ0n) is 14.0. The van der Waals surface area contributed by atoms with Crippen LogP contribution >= 0.6 is 11.8 Å². The summed E-state index contributed by atoms with van der Waals surface area (Å²) in [7, 11) is 2.16. The molecule has 1 aromatic rings. The SMILES string of the molecule is CSCC(C)N(C)Cc1cc(C)c(CNC(C)(C)C)o1. The van der Waals surface area contributed by atoms with Crippen molar-refractivity contribution in [1.29, 1.82) is 0 Å². The maximum atomic E-state index is 6.00. The minimum atomic E-state index is 0.114. The summed E-state index contributed by atoms with van der Waals surface area (Å²) in [4.78, 5) is 2.34. The fourth-order valence-corrected chi connectivity index (χ4v) is 2.70. The Morgan fingerprint density at radius 3 is 2.60 bits per heavy atom. The summed E-state index contributed by atoms with van der Waals surface area (Å²) in [5, 5.41) is 3.48. The lowest BCUT2D eigenvalue weighted by atomic mass is 10.1. The predicted octanol–water partition coefficient (Wildman–Crippen LogP) is 3.66. The molecule has 1 N–H and O–H groups in total.